The third-order valence-corrected chi connectivity index (χ3v) is 2.04. The number of rotatable bonds is 3. The third kappa shape index (κ3) is 6.72. The van der Waals surface area contributed by atoms with Gasteiger partial charge in [-0.05, 0) is 23.1 Å². The largest absolute Gasteiger partial charge is 0.296 e. The Labute approximate surface area is 107 Å². The van der Waals surface area contributed by atoms with Crippen molar-refractivity contribution in [3.63, 3.8) is 0 Å². The molecule has 0 amide bonds. The van der Waals surface area contributed by atoms with Crippen LogP contribution < -0.4 is 0 Å². The van der Waals surface area contributed by atoms with Gasteiger partial charge in [-0.3, -0.25) is 4.99 Å². The molecule has 1 nitrogen and oxygen atoms in total. The Morgan fingerprint density at radius 3 is 2.24 bits per heavy atom. The van der Waals surface area contributed by atoms with Gasteiger partial charge in [-0.15, -0.1) is 0 Å². The summed E-state index contributed by atoms with van der Waals surface area (Å²) in [5.74, 6) is 0. The SMILES string of the molecule is C.C=C(CC)c1ccccc1C=NC.CCC. The standard InChI is InChI=1S/C12H15N.C3H8.CH4/c1-4-10(2)12-8-6-5-7-11(12)9-13-3;1-3-2;/h5-9H,2,4H2,1,3H3;3H2,1-2H3;1H4. The van der Waals surface area contributed by atoms with Crippen molar-refractivity contribution >= 4 is 11.8 Å². The van der Waals surface area contributed by atoms with Gasteiger partial charge in [0.2, 0.25) is 0 Å². The summed E-state index contributed by atoms with van der Waals surface area (Å²) >= 11 is 0. The maximum atomic E-state index is 4.02. The van der Waals surface area contributed by atoms with E-state index in [9.17, 15) is 0 Å². The Balaban J connectivity index is 0. The second-order valence-corrected chi connectivity index (χ2v) is 3.64. The van der Waals surface area contributed by atoms with Crippen molar-refractivity contribution in [1.29, 1.82) is 0 Å². The maximum absolute atomic E-state index is 4.02. The minimum atomic E-state index is 0. The van der Waals surface area contributed by atoms with Gasteiger partial charge in [0.15, 0.2) is 0 Å². The molecule has 0 aliphatic rings. The minimum Gasteiger partial charge on any atom is -0.296 e. The molecule has 0 N–H and O–H groups in total. The van der Waals surface area contributed by atoms with Crippen LogP contribution in [0, 0.1) is 0 Å². The van der Waals surface area contributed by atoms with E-state index in [1.54, 1.807) is 7.05 Å². The highest BCUT2D eigenvalue weighted by Gasteiger charge is 2.00. The fourth-order valence-corrected chi connectivity index (χ4v) is 1.26. The van der Waals surface area contributed by atoms with E-state index in [2.05, 4.69) is 44.5 Å². The molecule has 0 aliphatic heterocycles. The quantitative estimate of drug-likeness (QED) is 0.635. The van der Waals surface area contributed by atoms with Crippen molar-refractivity contribution in [2.45, 2.75) is 41.0 Å². The molecular weight excluding hydrogens is 206 g/mol. The lowest BCUT2D eigenvalue weighted by Gasteiger charge is -2.05. The summed E-state index contributed by atoms with van der Waals surface area (Å²) in [5, 5.41) is 0. The highest BCUT2D eigenvalue weighted by Crippen LogP contribution is 2.18. The fraction of sp³-hybridized carbons (Fsp3) is 0.438. The number of nitrogens with zero attached hydrogens (tertiary/aromatic N) is 1. The first-order chi connectivity index (χ1) is 7.71. The molecule has 1 heteroatoms. The zero-order valence-corrected chi connectivity index (χ0v) is 11.0. The van der Waals surface area contributed by atoms with E-state index in [1.165, 1.54) is 12.0 Å². The zero-order valence-electron chi connectivity index (χ0n) is 11.0. The number of hydrogen-bond acceptors (Lipinski definition) is 1. The van der Waals surface area contributed by atoms with Crippen molar-refractivity contribution in [3.8, 4) is 0 Å². The van der Waals surface area contributed by atoms with E-state index in [1.807, 2.05) is 18.3 Å². The number of hydrogen-bond donors (Lipinski definition) is 0. The van der Waals surface area contributed by atoms with Crippen LogP contribution in [0.5, 0.6) is 0 Å². The van der Waals surface area contributed by atoms with Crippen LogP contribution in [0.4, 0.5) is 0 Å². The van der Waals surface area contributed by atoms with Crippen molar-refractivity contribution in [1.82, 2.24) is 0 Å². The zero-order chi connectivity index (χ0) is 12.4. The van der Waals surface area contributed by atoms with Gasteiger partial charge in [-0.1, -0.05) is 65.5 Å². The van der Waals surface area contributed by atoms with E-state index in [4.69, 9.17) is 0 Å². The number of aliphatic imine (C=N–C) groups is 1. The van der Waals surface area contributed by atoms with Crippen LogP contribution in [0.1, 0.15) is 52.2 Å². The molecule has 0 heterocycles. The van der Waals surface area contributed by atoms with E-state index >= 15 is 0 Å². The van der Waals surface area contributed by atoms with Crippen LogP contribution in [0.2, 0.25) is 0 Å². The van der Waals surface area contributed by atoms with Crippen molar-refractivity contribution in [3.05, 3.63) is 42.0 Å². The maximum Gasteiger partial charge on any atom is 0.0287 e. The summed E-state index contributed by atoms with van der Waals surface area (Å²) < 4.78 is 0. The number of allylic oxidation sites excluding steroid dienone is 1. The summed E-state index contributed by atoms with van der Waals surface area (Å²) in [6, 6.07) is 8.19. The summed E-state index contributed by atoms with van der Waals surface area (Å²) in [6.07, 6.45) is 4.10. The summed E-state index contributed by atoms with van der Waals surface area (Å²) in [7, 11) is 1.78. The van der Waals surface area contributed by atoms with Gasteiger partial charge in [0.05, 0.1) is 0 Å². The van der Waals surface area contributed by atoms with E-state index < -0.39 is 0 Å². The molecule has 0 atom stereocenters. The molecule has 0 saturated heterocycles. The molecule has 1 rings (SSSR count). The Bertz CT molecular complexity index is 337. The molecule has 0 spiro atoms. The first-order valence-electron chi connectivity index (χ1n) is 5.90. The lowest BCUT2D eigenvalue weighted by Crippen LogP contribution is -1.90. The third-order valence-electron chi connectivity index (χ3n) is 2.04. The summed E-state index contributed by atoms with van der Waals surface area (Å²) in [5.41, 5.74) is 3.52. The van der Waals surface area contributed by atoms with Gasteiger partial charge in [-0.2, -0.15) is 0 Å². The Morgan fingerprint density at radius 1 is 1.24 bits per heavy atom. The Kier molecular flexibility index (Phi) is 11.8. The average molecular weight is 233 g/mol. The van der Waals surface area contributed by atoms with Crippen LogP contribution in [0.25, 0.3) is 5.57 Å². The van der Waals surface area contributed by atoms with Gasteiger partial charge in [-0.25, -0.2) is 0 Å². The van der Waals surface area contributed by atoms with Crippen molar-refractivity contribution in [2.75, 3.05) is 7.05 Å². The molecule has 0 saturated carbocycles. The second kappa shape index (κ2) is 11.1. The molecule has 0 radical (unpaired) electrons. The molecule has 1 aromatic carbocycles. The molecule has 96 valence electrons. The van der Waals surface area contributed by atoms with Gasteiger partial charge in [0, 0.05) is 13.3 Å². The molecule has 0 fully saturated rings. The molecule has 0 bridgehead atoms. The normalized spacial score (nSPS) is 9.18. The van der Waals surface area contributed by atoms with Gasteiger partial charge < -0.3 is 0 Å². The predicted octanol–water partition coefficient (Wildman–Crippen LogP) is 5.21. The molecule has 0 aliphatic carbocycles. The smallest absolute Gasteiger partial charge is 0.0287 e. The Hall–Kier alpha value is -1.37. The summed E-state index contributed by atoms with van der Waals surface area (Å²) in [6.45, 7) is 10.4. The topological polar surface area (TPSA) is 12.4 Å². The minimum absolute atomic E-state index is 0. The second-order valence-electron chi connectivity index (χ2n) is 3.64. The fourth-order valence-electron chi connectivity index (χ4n) is 1.26. The average Bonchev–Trinajstić information content (AvgIpc) is 2.30. The number of benzene rings is 1. The van der Waals surface area contributed by atoms with Crippen LogP contribution in [-0.4, -0.2) is 13.3 Å². The molecule has 0 unspecified atom stereocenters. The molecule has 17 heavy (non-hydrogen) atoms. The highest BCUT2D eigenvalue weighted by molar-refractivity contribution is 5.87. The van der Waals surface area contributed by atoms with Gasteiger partial charge in [0.1, 0.15) is 0 Å². The van der Waals surface area contributed by atoms with Crippen LogP contribution >= 0.6 is 0 Å². The van der Waals surface area contributed by atoms with E-state index in [0.29, 0.717) is 0 Å². The van der Waals surface area contributed by atoms with E-state index in [-0.39, 0.29) is 7.43 Å². The van der Waals surface area contributed by atoms with Gasteiger partial charge in [0.25, 0.3) is 0 Å². The first-order valence-corrected chi connectivity index (χ1v) is 5.90. The van der Waals surface area contributed by atoms with Crippen molar-refractivity contribution in [2.24, 2.45) is 4.99 Å². The lowest BCUT2D eigenvalue weighted by molar-refractivity contribution is 1.09. The highest BCUT2D eigenvalue weighted by atomic mass is 14.6. The van der Waals surface area contributed by atoms with Crippen LogP contribution in [0.15, 0.2) is 35.8 Å². The van der Waals surface area contributed by atoms with Crippen LogP contribution in [-0.2, 0) is 0 Å². The van der Waals surface area contributed by atoms with Crippen molar-refractivity contribution < 1.29 is 0 Å². The van der Waals surface area contributed by atoms with Crippen LogP contribution in [0.3, 0.4) is 0 Å². The summed E-state index contributed by atoms with van der Waals surface area (Å²) in [4.78, 5) is 4.02. The lowest BCUT2D eigenvalue weighted by atomic mass is 10.00. The predicted molar refractivity (Wildman–Crippen MR) is 82.0 cm³/mol. The monoisotopic (exact) mass is 233 g/mol. The molecule has 1 aromatic rings. The van der Waals surface area contributed by atoms with E-state index in [0.717, 1.165) is 17.6 Å². The first kappa shape index (κ1) is 18.0. The Morgan fingerprint density at radius 2 is 1.76 bits per heavy atom. The molecular formula is C16H27N. The van der Waals surface area contributed by atoms with Gasteiger partial charge >= 0.3 is 0 Å². The molecule has 0 aromatic heterocycles.